The summed E-state index contributed by atoms with van der Waals surface area (Å²) in [6.45, 7) is 1.20. The third-order valence-corrected chi connectivity index (χ3v) is 5.41. The first-order valence-corrected chi connectivity index (χ1v) is 7.64. The summed E-state index contributed by atoms with van der Waals surface area (Å²) in [5.74, 6) is 0. The van der Waals surface area contributed by atoms with Crippen LogP contribution in [0.4, 0.5) is 0 Å². The highest BCUT2D eigenvalue weighted by Gasteiger charge is 2.45. The van der Waals surface area contributed by atoms with Crippen molar-refractivity contribution in [3.8, 4) is 0 Å². The number of fused-ring (bicyclic) bond motifs is 4. The van der Waals surface area contributed by atoms with E-state index in [4.69, 9.17) is 0 Å². The van der Waals surface area contributed by atoms with Crippen molar-refractivity contribution in [3.63, 3.8) is 0 Å². The molecule has 1 saturated heterocycles. The van der Waals surface area contributed by atoms with Gasteiger partial charge in [0.15, 0.2) is 0 Å². The second-order valence-electron chi connectivity index (χ2n) is 6.40. The zero-order valence-electron chi connectivity index (χ0n) is 12.0. The third-order valence-electron chi connectivity index (χ3n) is 5.41. The fraction of sp³-hybridized carbons (Fsp3) is 0.368. The number of likely N-dealkylation sites (N-methyl/N-ethyl adjacent to an activating group) is 1. The maximum absolute atomic E-state index is 2.55. The van der Waals surface area contributed by atoms with Crippen molar-refractivity contribution in [2.75, 3.05) is 13.6 Å². The number of nitrogens with zero attached hydrogens (tertiary/aromatic N) is 1. The van der Waals surface area contributed by atoms with Gasteiger partial charge in [0.1, 0.15) is 0 Å². The molecule has 0 radical (unpaired) electrons. The smallest absolute Gasteiger partial charge is 0.0232 e. The molecular formula is C19H21N. The lowest BCUT2D eigenvalue weighted by Crippen LogP contribution is -2.52. The zero-order chi connectivity index (χ0) is 13.6. The molecule has 1 heterocycles. The summed E-state index contributed by atoms with van der Waals surface area (Å²) in [7, 11) is 2.29. The molecule has 1 nitrogen and oxygen atoms in total. The van der Waals surface area contributed by atoms with Crippen LogP contribution in [0, 0.1) is 0 Å². The van der Waals surface area contributed by atoms with Crippen LogP contribution in [0.2, 0.25) is 0 Å². The van der Waals surface area contributed by atoms with Crippen LogP contribution in [0.5, 0.6) is 0 Å². The van der Waals surface area contributed by atoms with Crippen molar-refractivity contribution in [2.45, 2.75) is 30.7 Å². The van der Waals surface area contributed by atoms with Crippen molar-refractivity contribution < 1.29 is 0 Å². The average Bonchev–Trinajstić information content (AvgIpc) is 2.52. The Kier molecular flexibility index (Phi) is 2.71. The summed E-state index contributed by atoms with van der Waals surface area (Å²) < 4.78 is 0. The fourth-order valence-corrected chi connectivity index (χ4v) is 4.28. The summed E-state index contributed by atoms with van der Waals surface area (Å²) >= 11 is 0. The van der Waals surface area contributed by atoms with Crippen LogP contribution in [0.3, 0.4) is 0 Å². The normalized spacial score (nSPS) is 28.9. The van der Waals surface area contributed by atoms with Gasteiger partial charge in [0, 0.05) is 11.5 Å². The van der Waals surface area contributed by atoms with Crippen LogP contribution < -0.4 is 0 Å². The van der Waals surface area contributed by atoms with Crippen LogP contribution >= 0.6 is 0 Å². The van der Waals surface area contributed by atoms with Crippen LogP contribution in [0.1, 0.15) is 29.5 Å². The Labute approximate surface area is 121 Å². The van der Waals surface area contributed by atoms with Crippen molar-refractivity contribution in [2.24, 2.45) is 0 Å². The molecule has 20 heavy (non-hydrogen) atoms. The van der Waals surface area contributed by atoms with Crippen molar-refractivity contribution >= 4 is 0 Å². The number of likely N-dealkylation sites (tertiary alicyclic amines) is 1. The lowest BCUT2D eigenvalue weighted by molar-refractivity contribution is 0.123. The van der Waals surface area contributed by atoms with Gasteiger partial charge in [-0.25, -0.2) is 0 Å². The maximum atomic E-state index is 2.55. The standard InChI is InChI=1S/C19H21N/c1-20-12-11-19(16-8-3-2-4-9-16)14-17(20)13-15-7-5-6-10-18(15)19/h2-10,17H,11-14H2,1H3/t17-,19+/m1/s1. The maximum Gasteiger partial charge on any atom is 0.0232 e. The molecular weight excluding hydrogens is 242 g/mol. The Morgan fingerprint density at radius 3 is 2.60 bits per heavy atom. The quantitative estimate of drug-likeness (QED) is 0.759. The number of rotatable bonds is 1. The van der Waals surface area contributed by atoms with Gasteiger partial charge in [0.2, 0.25) is 0 Å². The molecule has 2 aromatic rings. The van der Waals surface area contributed by atoms with E-state index >= 15 is 0 Å². The first-order chi connectivity index (χ1) is 9.79. The van der Waals surface area contributed by atoms with E-state index in [9.17, 15) is 0 Å². The van der Waals surface area contributed by atoms with E-state index in [1.54, 1.807) is 11.1 Å². The summed E-state index contributed by atoms with van der Waals surface area (Å²) in [5.41, 5.74) is 4.88. The molecule has 1 aliphatic carbocycles. The molecule has 1 heteroatoms. The molecule has 0 saturated carbocycles. The number of hydrogen-bond donors (Lipinski definition) is 0. The zero-order valence-corrected chi connectivity index (χ0v) is 12.0. The minimum atomic E-state index is 0.243. The van der Waals surface area contributed by atoms with Crippen molar-refractivity contribution in [1.82, 2.24) is 4.90 Å². The number of benzene rings is 2. The third kappa shape index (κ3) is 1.66. The van der Waals surface area contributed by atoms with Gasteiger partial charge in [-0.2, -0.15) is 0 Å². The van der Waals surface area contributed by atoms with E-state index in [-0.39, 0.29) is 5.41 Å². The first kappa shape index (κ1) is 12.2. The Balaban J connectivity index is 1.93. The van der Waals surface area contributed by atoms with Crippen LogP contribution in [-0.4, -0.2) is 24.5 Å². The molecule has 2 bridgehead atoms. The second kappa shape index (κ2) is 4.46. The molecule has 0 N–H and O–H groups in total. The highest BCUT2D eigenvalue weighted by Crippen LogP contribution is 2.48. The van der Waals surface area contributed by atoms with Gasteiger partial charge in [-0.15, -0.1) is 0 Å². The predicted molar refractivity (Wildman–Crippen MR) is 83.0 cm³/mol. The second-order valence-corrected chi connectivity index (χ2v) is 6.40. The minimum absolute atomic E-state index is 0.243. The lowest BCUT2D eigenvalue weighted by Gasteiger charge is -2.50. The van der Waals surface area contributed by atoms with Crippen molar-refractivity contribution in [3.05, 3.63) is 71.3 Å². The van der Waals surface area contributed by atoms with Gasteiger partial charge in [0.05, 0.1) is 0 Å². The van der Waals surface area contributed by atoms with Gasteiger partial charge >= 0.3 is 0 Å². The van der Waals surface area contributed by atoms with Crippen LogP contribution in [0.25, 0.3) is 0 Å². The topological polar surface area (TPSA) is 3.24 Å². The molecule has 0 aromatic heterocycles. The van der Waals surface area contributed by atoms with E-state index in [2.05, 4.69) is 66.5 Å². The van der Waals surface area contributed by atoms with E-state index in [0.29, 0.717) is 6.04 Å². The molecule has 0 spiro atoms. The fourth-order valence-electron chi connectivity index (χ4n) is 4.28. The van der Waals surface area contributed by atoms with Crippen molar-refractivity contribution in [1.29, 1.82) is 0 Å². The monoisotopic (exact) mass is 263 g/mol. The van der Waals surface area contributed by atoms with Gasteiger partial charge in [-0.3, -0.25) is 0 Å². The highest BCUT2D eigenvalue weighted by molar-refractivity contribution is 5.47. The Morgan fingerprint density at radius 1 is 1.00 bits per heavy atom. The minimum Gasteiger partial charge on any atom is -0.303 e. The van der Waals surface area contributed by atoms with Gasteiger partial charge in [-0.05, 0) is 49.5 Å². The summed E-state index contributed by atoms with van der Waals surface area (Å²) in [6, 6.07) is 20.9. The average molecular weight is 263 g/mol. The van der Waals surface area contributed by atoms with E-state index < -0.39 is 0 Å². The largest absolute Gasteiger partial charge is 0.303 e. The Hall–Kier alpha value is -1.60. The molecule has 1 fully saturated rings. The molecule has 1 aliphatic heterocycles. The van der Waals surface area contributed by atoms with Crippen LogP contribution in [0.15, 0.2) is 54.6 Å². The lowest BCUT2D eigenvalue weighted by atomic mass is 9.61. The Morgan fingerprint density at radius 2 is 1.75 bits per heavy atom. The van der Waals surface area contributed by atoms with E-state index in [1.165, 1.54) is 31.4 Å². The highest BCUT2D eigenvalue weighted by atomic mass is 15.1. The summed E-state index contributed by atoms with van der Waals surface area (Å²) in [5, 5.41) is 0. The van der Waals surface area contributed by atoms with Gasteiger partial charge < -0.3 is 4.90 Å². The number of piperidine rings is 1. The Bertz CT molecular complexity index is 619. The molecule has 0 unspecified atom stereocenters. The molecule has 2 aliphatic rings. The predicted octanol–water partition coefficient (Wildman–Crippen LogP) is 3.62. The summed E-state index contributed by atoms with van der Waals surface area (Å²) in [6.07, 6.45) is 3.72. The van der Waals surface area contributed by atoms with E-state index in [0.717, 1.165) is 0 Å². The van der Waals surface area contributed by atoms with Gasteiger partial charge in [-0.1, -0.05) is 54.6 Å². The van der Waals surface area contributed by atoms with E-state index in [1.807, 2.05) is 0 Å². The first-order valence-electron chi connectivity index (χ1n) is 7.64. The molecule has 4 rings (SSSR count). The number of hydrogen-bond acceptors (Lipinski definition) is 1. The molecule has 0 amide bonds. The molecule has 2 aromatic carbocycles. The summed E-state index contributed by atoms with van der Waals surface area (Å²) in [4.78, 5) is 2.55. The SMILES string of the molecule is CN1CC[C@@]2(c3ccccc3)C[C@H]1Cc1ccccc12. The van der Waals surface area contributed by atoms with Crippen LogP contribution in [-0.2, 0) is 11.8 Å². The molecule has 2 atom stereocenters. The van der Waals surface area contributed by atoms with Gasteiger partial charge in [0.25, 0.3) is 0 Å². The molecule has 102 valence electrons.